The van der Waals surface area contributed by atoms with Crippen LogP contribution in [0.15, 0.2) is 22.5 Å². The second-order valence-corrected chi connectivity index (χ2v) is 7.25. The quantitative estimate of drug-likeness (QED) is 0.326. The predicted octanol–water partition coefficient (Wildman–Crippen LogP) is 1.69. The Bertz CT molecular complexity index is 560. The summed E-state index contributed by atoms with van der Waals surface area (Å²) in [6, 6.07) is 4.16. The number of likely N-dealkylation sites (N-methyl/N-ethyl adjacent to an activating group) is 1. The summed E-state index contributed by atoms with van der Waals surface area (Å²) in [6.45, 7) is 4.73. The van der Waals surface area contributed by atoms with E-state index in [2.05, 4.69) is 27.1 Å². The van der Waals surface area contributed by atoms with E-state index in [1.165, 1.54) is 9.78 Å². The zero-order valence-electron chi connectivity index (χ0n) is 15.6. The second-order valence-electron chi connectivity index (χ2n) is 6.22. The fourth-order valence-corrected chi connectivity index (χ4v) is 3.04. The summed E-state index contributed by atoms with van der Waals surface area (Å²) in [5, 5.41) is 8.61. The zero-order valence-corrected chi connectivity index (χ0v) is 18.8. The first-order valence-corrected chi connectivity index (χ1v) is 9.39. The highest BCUT2D eigenvalue weighted by atomic mass is 127. The molecular formula is C17H29IN4O3S. The first-order chi connectivity index (χ1) is 12.0. The number of aliphatic imine (C=N–C) groups is 1. The number of nitrogens with one attached hydrogen (secondary N) is 2. The molecule has 1 aliphatic rings. The summed E-state index contributed by atoms with van der Waals surface area (Å²) >= 11 is 1.74. The molecule has 0 unspecified atom stereocenters. The van der Waals surface area contributed by atoms with Crippen LogP contribution in [-0.4, -0.2) is 69.5 Å². The molecule has 0 bridgehead atoms. The first kappa shape index (κ1) is 23.1. The molecule has 0 spiro atoms. The van der Waals surface area contributed by atoms with Crippen LogP contribution >= 0.6 is 35.3 Å². The number of rotatable bonds is 8. The van der Waals surface area contributed by atoms with Crippen molar-refractivity contribution in [3.63, 3.8) is 0 Å². The number of carbonyl (C=O) groups excluding carboxylic acids is 1. The molecule has 7 nitrogen and oxygen atoms in total. The van der Waals surface area contributed by atoms with Crippen LogP contribution in [0.5, 0.6) is 0 Å². The van der Waals surface area contributed by atoms with Crippen LogP contribution in [0, 0.1) is 0 Å². The second kappa shape index (κ2) is 11.7. The molecule has 1 fully saturated rings. The highest BCUT2D eigenvalue weighted by Crippen LogP contribution is 2.21. The fourth-order valence-electron chi connectivity index (χ4n) is 2.33. The van der Waals surface area contributed by atoms with Crippen molar-refractivity contribution in [3.05, 3.63) is 22.4 Å². The molecule has 148 valence electrons. The minimum atomic E-state index is -0.533. The summed E-state index contributed by atoms with van der Waals surface area (Å²) < 4.78 is 11.2. The van der Waals surface area contributed by atoms with Crippen LogP contribution in [0.4, 0.5) is 0 Å². The van der Waals surface area contributed by atoms with Crippen LogP contribution in [0.2, 0.25) is 0 Å². The van der Waals surface area contributed by atoms with E-state index in [1.54, 1.807) is 25.4 Å². The maximum atomic E-state index is 11.8. The Morgan fingerprint density at radius 2 is 2.00 bits per heavy atom. The number of ether oxygens (including phenoxy) is 2. The lowest BCUT2D eigenvalue weighted by Crippen LogP contribution is -2.42. The van der Waals surface area contributed by atoms with E-state index < -0.39 is 5.79 Å². The van der Waals surface area contributed by atoms with Gasteiger partial charge in [-0.2, -0.15) is 0 Å². The van der Waals surface area contributed by atoms with E-state index in [0.29, 0.717) is 32.1 Å². The number of guanidine groups is 1. The molecule has 1 amide bonds. The van der Waals surface area contributed by atoms with E-state index in [-0.39, 0.29) is 36.4 Å². The van der Waals surface area contributed by atoms with Gasteiger partial charge in [0.1, 0.15) is 6.54 Å². The number of hydrogen-bond acceptors (Lipinski definition) is 5. The highest BCUT2D eigenvalue weighted by molar-refractivity contribution is 14.0. The Morgan fingerprint density at radius 1 is 1.31 bits per heavy atom. The van der Waals surface area contributed by atoms with E-state index in [4.69, 9.17) is 9.47 Å². The van der Waals surface area contributed by atoms with E-state index in [1.807, 2.05) is 13.0 Å². The molecular weight excluding hydrogens is 467 g/mol. The molecule has 2 N–H and O–H groups in total. The third kappa shape index (κ3) is 8.19. The number of amides is 1. The largest absolute Gasteiger partial charge is 0.356 e. The summed E-state index contributed by atoms with van der Waals surface area (Å²) in [6.07, 6.45) is 1.63. The molecule has 2 heterocycles. The monoisotopic (exact) mass is 496 g/mol. The molecule has 1 aromatic rings. The number of carbonyl (C=O) groups is 1. The van der Waals surface area contributed by atoms with Gasteiger partial charge in [0.25, 0.3) is 0 Å². The lowest BCUT2D eigenvalue weighted by molar-refractivity contribution is -0.145. The van der Waals surface area contributed by atoms with Crippen LogP contribution in [0.3, 0.4) is 0 Å². The van der Waals surface area contributed by atoms with Gasteiger partial charge < -0.3 is 25.0 Å². The van der Waals surface area contributed by atoms with Crippen molar-refractivity contribution in [1.82, 2.24) is 15.5 Å². The first-order valence-electron chi connectivity index (χ1n) is 8.51. The summed E-state index contributed by atoms with van der Waals surface area (Å²) in [5.41, 5.74) is 0. The number of hydrogen-bond donors (Lipinski definition) is 2. The number of halogens is 1. The van der Waals surface area contributed by atoms with Crippen molar-refractivity contribution in [3.8, 4) is 0 Å². The van der Waals surface area contributed by atoms with E-state index >= 15 is 0 Å². The van der Waals surface area contributed by atoms with Gasteiger partial charge in [0.2, 0.25) is 5.91 Å². The predicted molar refractivity (Wildman–Crippen MR) is 115 cm³/mol. The molecule has 2 rings (SSSR count). The van der Waals surface area contributed by atoms with Gasteiger partial charge in [-0.15, -0.1) is 35.3 Å². The van der Waals surface area contributed by atoms with Crippen molar-refractivity contribution in [2.75, 3.05) is 46.9 Å². The topological polar surface area (TPSA) is 75.2 Å². The van der Waals surface area contributed by atoms with Gasteiger partial charge in [-0.1, -0.05) is 6.07 Å². The Hall–Kier alpha value is -0.910. The maximum Gasteiger partial charge on any atom is 0.243 e. The maximum absolute atomic E-state index is 11.8. The van der Waals surface area contributed by atoms with Crippen LogP contribution in [-0.2, 0) is 20.7 Å². The minimum absolute atomic E-state index is 0. The van der Waals surface area contributed by atoms with Crippen molar-refractivity contribution in [1.29, 1.82) is 0 Å². The van der Waals surface area contributed by atoms with Gasteiger partial charge in [-0.05, 0) is 24.8 Å². The van der Waals surface area contributed by atoms with Crippen molar-refractivity contribution in [2.45, 2.75) is 25.6 Å². The van der Waals surface area contributed by atoms with Crippen molar-refractivity contribution in [2.24, 2.45) is 4.99 Å². The van der Waals surface area contributed by atoms with Crippen LogP contribution < -0.4 is 10.6 Å². The smallest absolute Gasteiger partial charge is 0.243 e. The van der Waals surface area contributed by atoms with Gasteiger partial charge in [0.15, 0.2) is 11.7 Å². The molecule has 9 heteroatoms. The lowest BCUT2D eigenvalue weighted by Gasteiger charge is -2.23. The number of thiophene rings is 1. The lowest BCUT2D eigenvalue weighted by atomic mass is 10.2. The standard InChI is InChI=1S/C17H28N4O3S.HI/c1-17(23-10-11-24-17)7-9-19-16(20-13-15(22)21(2)3)18-8-6-14-5-4-12-25-14;/h4-5,12H,6-11,13H2,1-3H3,(H2,18,19,20);1H. The molecule has 0 saturated carbocycles. The van der Waals surface area contributed by atoms with Crippen molar-refractivity contribution >= 4 is 47.2 Å². The molecule has 0 aromatic carbocycles. The molecule has 0 aliphatic carbocycles. The molecule has 26 heavy (non-hydrogen) atoms. The Labute approximate surface area is 176 Å². The van der Waals surface area contributed by atoms with Crippen LogP contribution in [0.1, 0.15) is 18.2 Å². The summed E-state index contributed by atoms with van der Waals surface area (Å²) in [4.78, 5) is 19.0. The van der Waals surface area contributed by atoms with Gasteiger partial charge in [-0.25, -0.2) is 4.99 Å². The van der Waals surface area contributed by atoms with Gasteiger partial charge in [-0.3, -0.25) is 4.79 Å². The molecule has 1 aromatic heterocycles. The zero-order chi connectivity index (χ0) is 18.1. The van der Waals surface area contributed by atoms with Crippen molar-refractivity contribution < 1.29 is 14.3 Å². The Balaban J connectivity index is 0.00000338. The minimum Gasteiger partial charge on any atom is -0.356 e. The highest BCUT2D eigenvalue weighted by Gasteiger charge is 2.30. The normalized spacial score (nSPS) is 16.0. The van der Waals surface area contributed by atoms with Gasteiger partial charge >= 0.3 is 0 Å². The molecule has 1 saturated heterocycles. The number of nitrogens with zero attached hydrogens (tertiary/aromatic N) is 2. The van der Waals surface area contributed by atoms with E-state index in [9.17, 15) is 4.79 Å². The summed E-state index contributed by atoms with van der Waals surface area (Å²) in [5.74, 6) is 0.0660. The molecule has 1 aliphatic heterocycles. The Kier molecular flexibility index (Phi) is 10.4. The molecule has 0 atom stereocenters. The Morgan fingerprint density at radius 3 is 2.62 bits per heavy atom. The molecule has 0 radical (unpaired) electrons. The third-order valence-corrected chi connectivity index (χ3v) is 4.82. The van der Waals surface area contributed by atoms with Crippen LogP contribution in [0.25, 0.3) is 0 Å². The average Bonchev–Trinajstić information content (AvgIpc) is 3.23. The van der Waals surface area contributed by atoms with Gasteiger partial charge in [0, 0.05) is 38.5 Å². The SMILES string of the molecule is CN(C)C(=O)CN=C(NCCc1cccs1)NCCC1(C)OCCO1.I. The average molecular weight is 496 g/mol. The fraction of sp³-hybridized carbons (Fsp3) is 0.647. The third-order valence-electron chi connectivity index (χ3n) is 3.88. The summed E-state index contributed by atoms with van der Waals surface area (Å²) in [7, 11) is 3.45. The van der Waals surface area contributed by atoms with Gasteiger partial charge in [0.05, 0.1) is 13.2 Å². The van der Waals surface area contributed by atoms with E-state index in [0.717, 1.165) is 13.0 Å².